The Morgan fingerprint density at radius 2 is 2.19 bits per heavy atom. The first-order valence-electron chi connectivity index (χ1n) is 4.61. The number of hydrogen-bond acceptors (Lipinski definition) is 5. The largest absolute Gasteiger partial charge is 0.480 e. The standard InChI is InChI=1S/C10H11NO5/c1-2-15-9(12)6-16-7-3-4-8(10(13)14)11-5-7/h3-5H,2,6H2,1H3,(H,13,14). The van der Waals surface area contributed by atoms with Crippen molar-refractivity contribution in [3.63, 3.8) is 0 Å². The number of pyridine rings is 1. The topological polar surface area (TPSA) is 85.7 Å². The van der Waals surface area contributed by atoms with Gasteiger partial charge in [0.15, 0.2) is 6.61 Å². The number of hydrogen-bond donors (Lipinski definition) is 1. The second-order valence-corrected chi connectivity index (χ2v) is 2.78. The number of nitrogens with zero attached hydrogens (tertiary/aromatic N) is 1. The van der Waals surface area contributed by atoms with Gasteiger partial charge in [-0.15, -0.1) is 0 Å². The number of carbonyl (C=O) groups is 2. The van der Waals surface area contributed by atoms with Gasteiger partial charge in [0.25, 0.3) is 0 Å². The van der Waals surface area contributed by atoms with Crippen LogP contribution in [0.4, 0.5) is 0 Å². The summed E-state index contributed by atoms with van der Waals surface area (Å²) in [4.78, 5) is 25.0. The second kappa shape index (κ2) is 5.69. The van der Waals surface area contributed by atoms with E-state index < -0.39 is 11.9 Å². The Hall–Kier alpha value is -2.11. The Kier molecular flexibility index (Phi) is 4.26. The maximum absolute atomic E-state index is 10.9. The maximum atomic E-state index is 10.9. The number of carboxylic acids is 1. The first kappa shape index (κ1) is 12.0. The molecule has 1 heterocycles. The van der Waals surface area contributed by atoms with Crippen molar-refractivity contribution >= 4 is 11.9 Å². The van der Waals surface area contributed by atoms with E-state index >= 15 is 0 Å². The third kappa shape index (κ3) is 3.56. The molecule has 0 radical (unpaired) electrons. The van der Waals surface area contributed by atoms with Crippen LogP contribution in [0.1, 0.15) is 17.4 Å². The van der Waals surface area contributed by atoms with Crippen LogP contribution in [0.25, 0.3) is 0 Å². The van der Waals surface area contributed by atoms with Crippen LogP contribution in [-0.2, 0) is 9.53 Å². The van der Waals surface area contributed by atoms with Crippen LogP contribution in [0.3, 0.4) is 0 Å². The maximum Gasteiger partial charge on any atom is 0.354 e. The van der Waals surface area contributed by atoms with E-state index in [1.165, 1.54) is 18.3 Å². The third-order valence-corrected chi connectivity index (χ3v) is 1.62. The van der Waals surface area contributed by atoms with Crippen molar-refractivity contribution in [3.05, 3.63) is 24.0 Å². The first-order chi connectivity index (χ1) is 7.63. The monoisotopic (exact) mass is 225 g/mol. The molecule has 1 rings (SSSR count). The van der Waals surface area contributed by atoms with Gasteiger partial charge in [-0.05, 0) is 19.1 Å². The van der Waals surface area contributed by atoms with E-state index in [1.807, 2.05) is 0 Å². The summed E-state index contributed by atoms with van der Waals surface area (Å²) in [5.74, 6) is -1.28. The van der Waals surface area contributed by atoms with Gasteiger partial charge in [-0.25, -0.2) is 14.6 Å². The van der Waals surface area contributed by atoms with Gasteiger partial charge in [0.2, 0.25) is 0 Å². The van der Waals surface area contributed by atoms with Crippen molar-refractivity contribution in [2.75, 3.05) is 13.2 Å². The van der Waals surface area contributed by atoms with Gasteiger partial charge < -0.3 is 14.6 Å². The number of esters is 1. The van der Waals surface area contributed by atoms with E-state index in [1.54, 1.807) is 6.92 Å². The molecule has 0 atom stereocenters. The highest BCUT2D eigenvalue weighted by atomic mass is 16.6. The minimum Gasteiger partial charge on any atom is -0.480 e. The zero-order valence-corrected chi connectivity index (χ0v) is 8.67. The molecule has 0 unspecified atom stereocenters. The Morgan fingerprint density at radius 1 is 1.44 bits per heavy atom. The first-order valence-corrected chi connectivity index (χ1v) is 4.61. The van der Waals surface area contributed by atoms with Crippen molar-refractivity contribution in [2.45, 2.75) is 6.92 Å². The summed E-state index contributed by atoms with van der Waals surface area (Å²) >= 11 is 0. The quantitative estimate of drug-likeness (QED) is 0.743. The Labute approximate surface area is 91.8 Å². The van der Waals surface area contributed by atoms with E-state index in [9.17, 15) is 9.59 Å². The van der Waals surface area contributed by atoms with E-state index in [2.05, 4.69) is 9.72 Å². The van der Waals surface area contributed by atoms with Gasteiger partial charge in [0.05, 0.1) is 12.8 Å². The van der Waals surface area contributed by atoms with E-state index in [0.717, 1.165) is 0 Å². The van der Waals surface area contributed by atoms with Crippen molar-refractivity contribution in [1.82, 2.24) is 4.98 Å². The number of carboxylic acid groups (broad SMARTS) is 1. The lowest BCUT2D eigenvalue weighted by Crippen LogP contribution is -2.14. The molecular formula is C10H11NO5. The van der Waals surface area contributed by atoms with E-state index in [-0.39, 0.29) is 12.3 Å². The van der Waals surface area contributed by atoms with Gasteiger partial charge in [0, 0.05) is 0 Å². The number of aromatic carboxylic acids is 1. The van der Waals surface area contributed by atoms with E-state index in [0.29, 0.717) is 12.4 Å². The van der Waals surface area contributed by atoms with Crippen molar-refractivity contribution in [1.29, 1.82) is 0 Å². The molecule has 0 bridgehead atoms. The van der Waals surface area contributed by atoms with E-state index in [4.69, 9.17) is 9.84 Å². The normalized spacial score (nSPS) is 9.56. The predicted octanol–water partition coefficient (Wildman–Crippen LogP) is 0.722. The molecule has 1 aromatic heterocycles. The fourth-order valence-electron chi connectivity index (χ4n) is 0.937. The number of rotatable bonds is 5. The molecule has 0 saturated heterocycles. The molecule has 1 aromatic rings. The molecular weight excluding hydrogens is 214 g/mol. The van der Waals surface area contributed by atoms with Crippen LogP contribution in [0.5, 0.6) is 5.75 Å². The molecule has 0 aromatic carbocycles. The van der Waals surface area contributed by atoms with Gasteiger partial charge >= 0.3 is 11.9 Å². The molecule has 6 heteroatoms. The molecule has 0 aliphatic rings. The van der Waals surface area contributed by atoms with Crippen molar-refractivity contribution < 1.29 is 24.2 Å². The number of ether oxygens (including phenoxy) is 2. The molecule has 0 aliphatic heterocycles. The second-order valence-electron chi connectivity index (χ2n) is 2.78. The number of aromatic nitrogens is 1. The van der Waals surface area contributed by atoms with Gasteiger partial charge in [0.1, 0.15) is 11.4 Å². The molecule has 0 amide bonds. The average Bonchev–Trinajstić information content (AvgIpc) is 2.27. The van der Waals surface area contributed by atoms with Crippen LogP contribution in [0, 0.1) is 0 Å². The van der Waals surface area contributed by atoms with Gasteiger partial charge in [-0.3, -0.25) is 0 Å². The fraction of sp³-hybridized carbons (Fsp3) is 0.300. The zero-order valence-electron chi connectivity index (χ0n) is 8.67. The van der Waals surface area contributed by atoms with Crippen molar-refractivity contribution in [2.24, 2.45) is 0 Å². The molecule has 6 nitrogen and oxygen atoms in total. The SMILES string of the molecule is CCOC(=O)COc1ccc(C(=O)O)nc1. The van der Waals surface area contributed by atoms with Gasteiger partial charge in [-0.1, -0.05) is 0 Å². The highest BCUT2D eigenvalue weighted by Crippen LogP contribution is 2.08. The van der Waals surface area contributed by atoms with Crippen molar-refractivity contribution in [3.8, 4) is 5.75 Å². The molecule has 0 fully saturated rings. The molecule has 86 valence electrons. The Bertz CT molecular complexity index is 373. The van der Waals surface area contributed by atoms with Crippen LogP contribution in [0.15, 0.2) is 18.3 Å². The minimum atomic E-state index is -1.11. The molecule has 0 aliphatic carbocycles. The fourth-order valence-corrected chi connectivity index (χ4v) is 0.937. The summed E-state index contributed by atoms with van der Waals surface area (Å²) in [5.41, 5.74) is -0.0801. The highest BCUT2D eigenvalue weighted by Gasteiger charge is 2.06. The molecule has 16 heavy (non-hydrogen) atoms. The lowest BCUT2D eigenvalue weighted by atomic mass is 10.3. The summed E-state index contributed by atoms with van der Waals surface area (Å²) in [7, 11) is 0. The molecule has 1 N–H and O–H groups in total. The average molecular weight is 225 g/mol. The Balaban J connectivity index is 2.49. The van der Waals surface area contributed by atoms with Crippen LogP contribution >= 0.6 is 0 Å². The Morgan fingerprint density at radius 3 is 2.69 bits per heavy atom. The summed E-state index contributed by atoms with van der Waals surface area (Å²) < 4.78 is 9.67. The highest BCUT2D eigenvalue weighted by molar-refractivity contribution is 5.85. The molecule has 0 saturated carbocycles. The summed E-state index contributed by atoms with van der Waals surface area (Å²) in [6.45, 7) is 1.77. The van der Waals surface area contributed by atoms with Crippen LogP contribution < -0.4 is 4.74 Å². The lowest BCUT2D eigenvalue weighted by molar-refractivity contribution is -0.145. The lowest BCUT2D eigenvalue weighted by Gasteiger charge is -2.04. The van der Waals surface area contributed by atoms with Crippen LogP contribution in [0.2, 0.25) is 0 Å². The number of carbonyl (C=O) groups excluding carboxylic acids is 1. The third-order valence-electron chi connectivity index (χ3n) is 1.62. The summed E-state index contributed by atoms with van der Waals surface area (Å²) in [5, 5.41) is 8.59. The van der Waals surface area contributed by atoms with Gasteiger partial charge in [-0.2, -0.15) is 0 Å². The summed E-state index contributed by atoms with van der Waals surface area (Å²) in [6.07, 6.45) is 1.24. The zero-order chi connectivity index (χ0) is 12.0. The minimum absolute atomic E-state index is 0.0801. The predicted molar refractivity (Wildman–Crippen MR) is 53.3 cm³/mol. The smallest absolute Gasteiger partial charge is 0.354 e. The van der Waals surface area contributed by atoms with Crippen LogP contribution in [-0.4, -0.2) is 35.2 Å². The molecule has 0 spiro atoms. The summed E-state index contributed by atoms with van der Waals surface area (Å²) in [6, 6.07) is 2.72.